The molecule has 0 saturated heterocycles. The van der Waals surface area contributed by atoms with Gasteiger partial charge >= 0.3 is 5.97 Å². The van der Waals surface area contributed by atoms with Gasteiger partial charge in [-0.3, -0.25) is 9.59 Å². The minimum atomic E-state index is -0.401. The number of carbonyl (C=O) groups is 2. The van der Waals surface area contributed by atoms with E-state index >= 15 is 0 Å². The predicted molar refractivity (Wildman–Crippen MR) is 132 cm³/mol. The number of rotatable bonds is 6. The Morgan fingerprint density at radius 1 is 1.03 bits per heavy atom. The highest BCUT2D eigenvalue weighted by Gasteiger charge is 2.38. The molecular weight excluding hydrogens is 451 g/mol. The van der Waals surface area contributed by atoms with Gasteiger partial charge in [0, 0.05) is 28.8 Å². The lowest BCUT2D eigenvalue weighted by atomic mass is 9.87. The summed E-state index contributed by atoms with van der Waals surface area (Å²) in [5, 5.41) is 3.96. The predicted octanol–water partition coefficient (Wildman–Crippen LogP) is 6.62. The summed E-state index contributed by atoms with van der Waals surface area (Å²) in [5.74, 6) is -1.49. The van der Waals surface area contributed by atoms with Crippen LogP contribution in [-0.4, -0.2) is 23.8 Å². The molecule has 34 heavy (non-hydrogen) atoms. The van der Waals surface area contributed by atoms with Crippen molar-refractivity contribution >= 4 is 44.1 Å². The first-order chi connectivity index (χ1) is 16.5. The van der Waals surface area contributed by atoms with Crippen molar-refractivity contribution in [1.29, 1.82) is 0 Å². The fourth-order valence-electron chi connectivity index (χ4n) is 4.66. The van der Waals surface area contributed by atoms with Crippen molar-refractivity contribution < 1.29 is 18.7 Å². The number of thiazole rings is 1. The molecule has 0 bridgehead atoms. The van der Waals surface area contributed by atoms with Gasteiger partial charge in [0.25, 0.3) is 0 Å². The maximum absolute atomic E-state index is 13.6. The molecule has 1 fully saturated rings. The number of fused-ring (bicyclic) bond motifs is 1. The van der Waals surface area contributed by atoms with E-state index < -0.39 is 5.92 Å². The number of Topliss-reactive ketones (excluding diaryl/α,β-unsaturated/α-hetero) is 1. The number of hydrogen-bond donors (Lipinski definition) is 1. The van der Waals surface area contributed by atoms with Crippen LogP contribution in [0.2, 0.25) is 0 Å². The number of anilines is 2. The molecule has 3 aromatic carbocycles. The van der Waals surface area contributed by atoms with Gasteiger partial charge in [0.2, 0.25) is 0 Å². The van der Waals surface area contributed by atoms with Crippen LogP contribution >= 0.6 is 11.3 Å². The number of ketones is 1. The van der Waals surface area contributed by atoms with Crippen molar-refractivity contribution in [1.82, 2.24) is 4.98 Å². The highest BCUT2D eigenvalue weighted by molar-refractivity contribution is 7.22. The Morgan fingerprint density at radius 3 is 2.62 bits per heavy atom. The number of methoxy groups -OCH3 is 1. The molecule has 1 aromatic heterocycles. The third-order valence-electron chi connectivity index (χ3n) is 6.34. The van der Waals surface area contributed by atoms with Crippen molar-refractivity contribution in [3.63, 3.8) is 0 Å². The van der Waals surface area contributed by atoms with Crippen LogP contribution in [0.25, 0.3) is 21.3 Å². The number of esters is 1. The van der Waals surface area contributed by atoms with Crippen LogP contribution in [0, 0.1) is 17.7 Å². The van der Waals surface area contributed by atoms with Crippen LogP contribution in [-0.2, 0) is 9.53 Å². The Hall–Kier alpha value is -3.58. The molecule has 1 aliphatic rings. The number of aromatic nitrogens is 1. The summed E-state index contributed by atoms with van der Waals surface area (Å²) in [5.41, 5.74) is 3.75. The molecular formula is C27H23FN2O3S. The summed E-state index contributed by atoms with van der Waals surface area (Å²) < 4.78 is 19.4. The minimum Gasteiger partial charge on any atom is -0.469 e. The Kier molecular flexibility index (Phi) is 6.11. The molecule has 1 heterocycles. The Labute approximate surface area is 200 Å². The van der Waals surface area contributed by atoms with E-state index in [0.29, 0.717) is 29.1 Å². The Morgan fingerprint density at radius 2 is 1.82 bits per heavy atom. The molecule has 0 aliphatic heterocycles. The number of ether oxygens (including phenoxy) is 1. The number of hydrogen-bond acceptors (Lipinski definition) is 6. The van der Waals surface area contributed by atoms with E-state index in [1.54, 1.807) is 6.07 Å². The lowest BCUT2D eigenvalue weighted by Gasteiger charge is -2.18. The fraction of sp³-hybridized carbons (Fsp3) is 0.222. The van der Waals surface area contributed by atoms with Gasteiger partial charge in [0.15, 0.2) is 10.9 Å². The second kappa shape index (κ2) is 9.35. The van der Waals surface area contributed by atoms with Crippen molar-refractivity contribution in [2.75, 3.05) is 12.4 Å². The van der Waals surface area contributed by atoms with Gasteiger partial charge in [-0.1, -0.05) is 60.2 Å². The molecule has 1 N–H and O–H groups in total. The summed E-state index contributed by atoms with van der Waals surface area (Å²) in [7, 11) is 1.36. The zero-order valence-electron chi connectivity index (χ0n) is 18.6. The van der Waals surface area contributed by atoms with Crippen LogP contribution in [0.15, 0.2) is 66.7 Å². The normalized spacial score (nSPS) is 17.6. The Balaban J connectivity index is 1.53. The zero-order chi connectivity index (χ0) is 23.7. The molecule has 0 amide bonds. The van der Waals surface area contributed by atoms with Gasteiger partial charge in [-0.05, 0) is 36.6 Å². The lowest BCUT2D eigenvalue weighted by Crippen LogP contribution is -2.26. The van der Waals surface area contributed by atoms with E-state index in [-0.39, 0.29) is 23.5 Å². The van der Waals surface area contributed by atoms with E-state index in [1.165, 1.54) is 30.6 Å². The molecule has 5 rings (SSSR count). The van der Waals surface area contributed by atoms with Gasteiger partial charge in [-0.2, -0.15) is 0 Å². The molecule has 172 valence electrons. The molecule has 4 aromatic rings. The quantitative estimate of drug-likeness (QED) is 0.251. The van der Waals surface area contributed by atoms with Crippen molar-refractivity contribution in [3.05, 3.63) is 78.1 Å². The minimum absolute atomic E-state index is 0.0538. The summed E-state index contributed by atoms with van der Waals surface area (Å²) in [6.45, 7) is 0. The topological polar surface area (TPSA) is 68.3 Å². The van der Waals surface area contributed by atoms with Crippen molar-refractivity contribution in [2.24, 2.45) is 11.8 Å². The molecule has 2 unspecified atom stereocenters. The van der Waals surface area contributed by atoms with Gasteiger partial charge in [0.1, 0.15) is 5.82 Å². The van der Waals surface area contributed by atoms with Gasteiger partial charge in [0.05, 0.1) is 23.2 Å². The van der Waals surface area contributed by atoms with Crippen LogP contribution < -0.4 is 5.32 Å². The molecule has 0 radical (unpaired) electrons. The Bertz CT molecular complexity index is 1370. The number of halogens is 1. The van der Waals surface area contributed by atoms with E-state index in [1.807, 2.05) is 48.5 Å². The fourth-order valence-corrected chi connectivity index (χ4v) is 5.52. The maximum Gasteiger partial charge on any atom is 0.309 e. The first-order valence-electron chi connectivity index (χ1n) is 11.2. The summed E-state index contributed by atoms with van der Waals surface area (Å²) >= 11 is 1.42. The van der Waals surface area contributed by atoms with Gasteiger partial charge in [-0.25, -0.2) is 9.37 Å². The van der Waals surface area contributed by atoms with E-state index in [9.17, 15) is 14.0 Å². The summed E-state index contributed by atoms with van der Waals surface area (Å²) in [6.07, 6.45) is 2.16. The maximum atomic E-state index is 13.6. The third kappa shape index (κ3) is 4.31. The second-order valence-electron chi connectivity index (χ2n) is 8.41. The largest absolute Gasteiger partial charge is 0.469 e. The van der Waals surface area contributed by atoms with Crippen LogP contribution in [0.4, 0.5) is 15.2 Å². The lowest BCUT2D eigenvalue weighted by molar-refractivity contribution is -0.146. The molecule has 1 saturated carbocycles. The smallest absolute Gasteiger partial charge is 0.309 e. The van der Waals surface area contributed by atoms with Crippen LogP contribution in [0.3, 0.4) is 0 Å². The van der Waals surface area contributed by atoms with Crippen LogP contribution in [0.1, 0.15) is 29.6 Å². The average Bonchev–Trinajstić information content (AvgIpc) is 3.50. The molecule has 1 aliphatic carbocycles. The van der Waals surface area contributed by atoms with E-state index in [4.69, 9.17) is 4.74 Å². The third-order valence-corrected chi connectivity index (χ3v) is 7.29. The molecule has 0 spiro atoms. The molecule has 5 nitrogen and oxygen atoms in total. The average molecular weight is 475 g/mol. The number of carbonyl (C=O) groups excluding carboxylic acids is 2. The number of nitrogens with one attached hydrogen (secondary N) is 1. The van der Waals surface area contributed by atoms with E-state index in [0.717, 1.165) is 27.9 Å². The number of benzene rings is 3. The monoisotopic (exact) mass is 474 g/mol. The number of nitrogens with zero attached hydrogens (tertiary/aromatic N) is 1. The highest BCUT2D eigenvalue weighted by atomic mass is 32.1. The van der Waals surface area contributed by atoms with Gasteiger partial charge in [-0.15, -0.1) is 0 Å². The standard InChI is InChI=1S/C27H23FN2O3S/c1-33-26(32)21-9-5-8-20(21)25(31)17-10-12-19(16-6-3-2-4-7-16)22(14-17)29-27-30-23-15-18(28)11-13-24(23)34-27/h2-4,6-7,10-15,20-21H,5,8-9H2,1H3,(H,29,30). The van der Waals surface area contributed by atoms with Crippen LogP contribution in [0.5, 0.6) is 0 Å². The highest BCUT2D eigenvalue weighted by Crippen LogP contribution is 2.38. The first kappa shape index (κ1) is 22.2. The SMILES string of the molecule is COC(=O)C1CCCC1C(=O)c1ccc(-c2ccccc2)c(Nc2nc3cc(F)ccc3s2)c1. The second-order valence-corrected chi connectivity index (χ2v) is 9.44. The van der Waals surface area contributed by atoms with Crippen molar-refractivity contribution in [2.45, 2.75) is 19.3 Å². The van der Waals surface area contributed by atoms with Crippen molar-refractivity contribution in [3.8, 4) is 11.1 Å². The molecule has 2 atom stereocenters. The molecule has 7 heteroatoms. The first-order valence-corrected chi connectivity index (χ1v) is 12.0. The van der Waals surface area contributed by atoms with Gasteiger partial charge < -0.3 is 10.1 Å². The zero-order valence-corrected chi connectivity index (χ0v) is 19.4. The summed E-state index contributed by atoms with van der Waals surface area (Å²) in [4.78, 5) is 30.1. The van der Waals surface area contributed by atoms with E-state index in [2.05, 4.69) is 10.3 Å². The summed E-state index contributed by atoms with van der Waals surface area (Å²) in [6, 6.07) is 19.9.